The van der Waals surface area contributed by atoms with Crippen LogP contribution in [0.25, 0.3) is 4.96 Å². The van der Waals surface area contributed by atoms with Crippen molar-refractivity contribution in [2.75, 3.05) is 13.2 Å². The Morgan fingerprint density at radius 1 is 1.31 bits per heavy atom. The van der Waals surface area contributed by atoms with Crippen molar-refractivity contribution in [3.63, 3.8) is 0 Å². The normalized spacial score (nSPS) is 11.0. The van der Waals surface area contributed by atoms with E-state index >= 15 is 0 Å². The first-order valence-electron chi connectivity index (χ1n) is 8.27. The monoisotopic (exact) mass is 373 g/mol. The molecule has 8 heteroatoms. The SMILES string of the molecule is CCOCCc1nn2c(=O)cc(COC(=O)c3cccc(C)c3)nc2s1. The lowest BCUT2D eigenvalue weighted by Crippen LogP contribution is -2.17. The summed E-state index contributed by atoms with van der Waals surface area (Å²) in [6, 6.07) is 8.47. The third-order valence-corrected chi connectivity index (χ3v) is 4.58. The van der Waals surface area contributed by atoms with Gasteiger partial charge in [0.15, 0.2) is 0 Å². The van der Waals surface area contributed by atoms with E-state index in [1.165, 1.54) is 21.9 Å². The van der Waals surface area contributed by atoms with E-state index in [2.05, 4.69) is 10.1 Å². The van der Waals surface area contributed by atoms with Crippen molar-refractivity contribution in [2.24, 2.45) is 0 Å². The fraction of sp³-hybridized carbons (Fsp3) is 0.333. The average Bonchev–Trinajstić information content (AvgIpc) is 3.03. The summed E-state index contributed by atoms with van der Waals surface area (Å²) in [6.07, 6.45) is 0.624. The second kappa shape index (κ2) is 8.20. The standard InChI is InChI=1S/C18H19N3O4S/c1-3-24-8-7-15-20-21-16(22)10-14(19-18(21)26-15)11-25-17(23)13-6-4-5-12(2)9-13/h4-6,9-10H,3,7-8,11H2,1-2H3. The summed E-state index contributed by atoms with van der Waals surface area (Å²) in [6.45, 7) is 4.95. The minimum Gasteiger partial charge on any atom is -0.456 e. The Morgan fingerprint density at radius 3 is 2.92 bits per heavy atom. The number of ether oxygens (including phenoxy) is 2. The lowest BCUT2D eigenvalue weighted by Gasteiger charge is -2.05. The number of hydrogen-bond acceptors (Lipinski definition) is 7. The van der Waals surface area contributed by atoms with Gasteiger partial charge in [0.25, 0.3) is 5.56 Å². The van der Waals surface area contributed by atoms with Gasteiger partial charge in [-0.15, -0.1) is 0 Å². The highest BCUT2D eigenvalue weighted by Gasteiger charge is 2.12. The Hall–Kier alpha value is -2.58. The summed E-state index contributed by atoms with van der Waals surface area (Å²) < 4.78 is 11.8. The maximum Gasteiger partial charge on any atom is 0.338 e. The number of fused-ring (bicyclic) bond motifs is 1. The lowest BCUT2D eigenvalue weighted by atomic mass is 10.1. The molecule has 26 heavy (non-hydrogen) atoms. The topological polar surface area (TPSA) is 82.8 Å². The van der Waals surface area contributed by atoms with E-state index in [-0.39, 0.29) is 12.2 Å². The Kier molecular flexibility index (Phi) is 5.75. The smallest absolute Gasteiger partial charge is 0.338 e. The van der Waals surface area contributed by atoms with Gasteiger partial charge in [-0.1, -0.05) is 29.0 Å². The molecule has 0 amide bonds. The zero-order valence-corrected chi connectivity index (χ0v) is 15.4. The van der Waals surface area contributed by atoms with Crippen LogP contribution in [0.15, 0.2) is 35.1 Å². The Morgan fingerprint density at radius 2 is 2.15 bits per heavy atom. The van der Waals surface area contributed by atoms with Crippen molar-refractivity contribution in [1.82, 2.24) is 14.6 Å². The molecule has 0 aliphatic carbocycles. The molecule has 0 radical (unpaired) electrons. The summed E-state index contributed by atoms with van der Waals surface area (Å²) in [7, 11) is 0. The van der Waals surface area contributed by atoms with Crippen LogP contribution >= 0.6 is 11.3 Å². The maximum absolute atomic E-state index is 12.2. The van der Waals surface area contributed by atoms with Crippen LogP contribution in [0.4, 0.5) is 0 Å². The molecule has 3 rings (SSSR count). The Bertz CT molecular complexity index is 980. The van der Waals surface area contributed by atoms with Gasteiger partial charge in [0, 0.05) is 19.1 Å². The van der Waals surface area contributed by atoms with Crippen LogP contribution in [0.3, 0.4) is 0 Å². The molecule has 0 N–H and O–H groups in total. The molecule has 0 aliphatic heterocycles. The highest BCUT2D eigenvalue weighted by molar-refractivity contribution is 7.16. The molecule has 2 heterocycles. The summed E-state index contributed by atoms with van der Waals surface area (Å²) >= 11 is 1.33. The van der Waals surface area contributed by atoms with Gasteiger partial charge in [0.2, 0.25) is 4.96 Å². The third-order valence-electron chi connectivity index (χ3n) is 3.61. The van der Waals surface area contributed by atoms with E-state index < -0.39 is 5.97 Å². The van der Waals surface area contributed by atoms with Gasteiger partial charge < -0.3 is 9.47 Å². The maximum atomic E-state index is 12.2. The molecule has 0 atom stereocenters. The summed E-state index contributed by atoms with van der Waals surface area (Å²) in [5, 5.41) is 5.03. The molecule has 1 aromatic carbocycles. The van der Waals surface area contributed by atoms with Gasteiger partial charge >= 0.3 is 5.97 Å². The molecule has 0 aliphatic rings. The first-order valence-corrected chi connectivity index (χ1v) is 9.08. The van der Waals surface area contributed by atoms with Gasteiger partial charge in [-0.05, 0) is 26.0 Å². The first kappa shape index (κ1) is 18.2. The number of carbonyl (C=O) groups excluding carboxylic acids is 1. The van der Waals surface area contributed by atoms with Crippen LogP contribution in [-0.2, 0) is 22.5 Å². The zero-order chi connectivity index (χ0) is 18.5. The molecule has 3 aromatic rings. The Balaban J connectivity index is 1.72. The Labute approximate surface area is 154 Å². The van der Waals surface area contributed by atoms with E-state index in [1.54, 1.807) is 18.2 Å². The molecule has 0 unspecified atom stereocenters. The average molecular weight is 373 g/mol. The fourth-order valence-electron chi connectivity index (χ4n) is 2.37. The largest absolute Gasteiger partial charge is 0.456 e. The van der Waals surface area contributed by atoms with Crippen LogP contribution < -0.4 is 5.56 Å². The van der Waals surface area contributed by atoms with Crippen LogP contribution in [0, 0.1) is 6.92 Å². The molecular weight excluding hydrogens is 354 g/mol. The number of esters is 1. The van der Waals surface area contributed by atoms with E-state index in [1.807, 2.05) is 19.9 Å². The molecular formula is C18H19N3O4S. The molecule has 7 nitrogen and oxygen atoms in total. The first-order chi connectivity index (χ1) is 12.6. The van der Waals surface area contributed by atoms with Gasteiger partial charge in [-0.25, -0.2) is 9.78 Å². The van der Waals surface area contributed by atoms with Crippen LogP contribution in [0.1, 0.15) is 33.5 Å². The highest BCUT2D eigenvalue weighted by Crippen LogP contribution is 2.13. The number of benzene rings is 1. The van der Waals surface area contributed by atoms with Gasteiger partial charge in [-0.3, -0.25) is 4.79 Å². The van der Waals surface area contributed by atoms with E-state index in [0.717, 1.165) is 10.6 Å². The van der Waals surface area contributed by atoms with E-state index in [4.69, 9.17) is 9.47 Å². The zero-order valence-electron chi connectivity index (χ0n) is 14.6. The van der Waals surface area contributed by atoms with Crippen molar-refractivity contribution in [1.29, 1.82) is 0 Å². The number of nitrogens with zero attached hydrogens (tertiary/aromatic N) is 3. The van der Waals surface area contributed by atoms with Crippen LogP contribution in [0.5, 0.6) is 0 Å². The predicted molar refractivity (Wildman–Crippen MR) is 97.6 cm³/mol. The van der Waals surface area contributed by atoms with Crippen LogP contribution in [-0.4, -0.2) is 33.8 Å². The molecule has 0 saturated carbocycles. The highest BCUT2D eigenvalue weighted by atomic mass is 32.1. The number of aromatic nitrogens is 3. The summed E-state index contributed by atoms with van der Waals surface area (Å²) in [4.78, 5) is 29.2. The van der Waals surface area contributed by atoms with Gasteiger partial charge in [0.05, 0.1) is 17.9 Å². The number of hydrogen-bond donors (Lipinski definition) is 0. The third kappa shape index (κ3) is 4.33. The molecule has 0 bridgehead atoms. The quantitative estimate of drug-likeness (QED) is 0.467. The molecule has 0 saturated heterocycles. The van der Waals surface area contributed by atoms with Crippen molar-refractivity contribution in [2.45, 2.75) is 26.9 Å². The predicted octanol–water partition coefficient (Wildman–Crippen LogP) is 2.40. The van der Waals surface area contributed by atoms with Crippen molar-refractivity contribution in [3.8, 4) is 0 Å². The minimum atomic E-state index is -0.447. The summed E-state index contributed by atoms with van der Waals surface area (Å²) in [5.74, 6) is -0.447. The van der Waals surface area contributed by atoms with E-state index in [0.29, 0.717) is 35.9 Å². The number of aryl methyl sites for hydroxylation is 1. The van der Waals surface area contributed by atoms with Gasteiger partial charge in [0.1, 0.15) is 11.6 Å². The molecule has 136 valence electrons. The van der Waals surface area contributed by atoms with Crippen molar-refractivity contribution in [3.05, 3.63) is 62.5 Å². The minimum absolute atomic E-state index is 0.0648. The molecule has 0 spiro atoms. The second-order valence-corrected chi connectivity index (χ2v) is 6.71. The van der Waals surface area contributed by atoms with E-state index in [9.17, 15) is 9.59 Å². The fourth-order valence-corrected chi connectivity index (χ4v) is 3.27. The lowest BCUT2D eigenvalue weighted by molar-refractivity contribution is 0.0467. The number of carbonyl (C=O) groups is 1. The summed E-state index contributed by atoms with van der Waals surface area (Å²) in [5.41, 5.74) is 1.55. The van der Waals surface area contributed by atoms with Crippen LogP contribution in [0.2, 0.25) is 0 Å². The number of rotatable bonds is 7. The van der Waals surface area contributed by atoms with Crippen molar-refractivity contribution < 1.29 is 14.3 Å². The molecule has 2 aromatic heterocycles. The second-order valence-electron chi connectivity index (χ2n) is 5.67. The molecule has 0 fully saturated rings. The van der Waals surface area contributed by atoms with Gasteiger partial charge in [-0.2, -0.15) is 9.61 Å². The van der Waals surface area contributed by atoms with Crippen molar-refractivity contribution >= 4 is 22.3 Å².